The van der Waals surface area contributed by atoms with E-state index < -0.39 is 11.9 Å². The third-order valence-electron chi connectivity index (χ3n) is 3.97. The summed E-state index contributed by atoms with van der Waals surface area (Å²) in [6, 6.07) is 0. The van der Waals surface area contributed by atoms with Gasteiger partial charge >= 0.3 is 5.97 Å². The van der Waals surface area contributed by atoms with Gasteiger partial charge in [0.15, 0.2) is 5.82 Å². The van der Waals surface area contributed by atoms with Gasteiger partial charge < -0.3 is 9.63 Å². The standard InChI is InChI=1S/C14H18N2O3S2/c1-8-11(21-7-6-20-8)12-15-13(19-16-12)9-4-2-3-5-10(9)14(17)18/h2-3,8-11H,4-7H2,1H3,(H,17,18)/t8?,9-,10+,11?/m1/s1. The van der Waals surface area contributed by atoms with E-state index in [1.807, 2.05) is 35.7 Å². The lowest BCUT2D eigenvalue weighted by Gasteiger charge is -2.25. The Hall–Kier alpha value is -0.950. The summed E-state index contributed by atoms with van der Waals surface area (Å²) in [5, 5.41) is 14.2. The first-order valence-electron chi connectivity index (χ1n) is 7.11. The topological polar surface area (TPSA) is 76.2 Å². The Morgan fingerprint density at radius 2 is 2.10 bits per heavy atom. The van der Waals surface area contributed by atoms with Crippen LogP contribution in [0.4, 0.5) is 0 Å². The minimum atomic E-state index is -0.792. The van der Waals surface area contributed by atoms with E-state index >= 15 is 0 Å². The number of aliphatic carboxylic acids is 1. The molecule has 0 amide bonds. The predicted molar refractivity (Wildman–Crippen MR) is 83.7 cm³/mol. The van der Waals surface area contributed by atoms with Gasteiger partial charge in [-0.15, -0.1) is 11.8 Å². The number of rotatable bonds is 3. The summed E-state index contributed by atoms with van der Waals surface area (Å²) in [5.74, 6) is 1.98. The second-order valence-corrected chi connectivity index (χ2v) is 8.09. The molecule has 21 heavy (non-hydrogen) atoms. The van der Waals surface area contributed by atoms with Crippen molar-refractivity contribution in [1.29, 1.82) is 0 Å². The molecule has 0 radical (unpaired) electrons. The third-order valence-corrected chi connectivity index (χ3v) is 7.05. The third kappa shape index (κ3) is 3.13. The van der Waals surface area contributed by atoms with Crippen molar-refractivity contribution in [3.8, 4) is 0 Å². The van der Waals surface area contributed by atoms with E-state index in [4.69, 9.17) is 4.52 Å². The van der Waals surface area contributed by atoms with Gasteiger partial charge in [-0.25, -0.2) is 0 Å². The molecule has 1 fully saturated rings. The fourth-order valence-corrected chi connectivity index (χ4v) is 5.47. The first-order chi connectivity index (χ1) is 10.2. The SMILES string of the molecule is CC1SCCSC1c1noc([C@@H]2CC=CC[C@@H]2C(=O)O)n1. The molecule has 1 aromatic heterocycles. The summed E-state index contributed by atoms with van der Waals surface area (Å²) >= 11 is 3.78. The van der Waals surface area contributed by atoms with Crippen molar-refractivity contribution in [2.45, 2.75) is 36.2 Å². The predicted octanol–water partition coefficient (Wildman–Crippen LogP) is 3.11. The molecule has 0 aromatic carbocycles. The normalized spacial score (nSPS) is 33.0. The van der Waals surface area contributed by atoms with Crippen molar-refractivity contribution >= 4 is 29.5 Å². The van der Waals surface area contributed by atoms with E-state index in [-0.39, 0.29) is 11.2 Å². The molecule has 1 aliphatic carbocycles. The van der Waals surface area contributed by atoms with Gasteiger partial charge in [0, 0.05) is 16.8 Å². The van der Waals surface area contributed by atoms with Crippen molar-refractivity contribution in [3.05, 3.63) is 23.9 Å². The molecule has 1 aliphatic heterocycles. The highest BCUT2D eigenvalue weighted by Gasteiger charge is 2.35. The van der Waals surface area contributed by atoms with Crippen molar-refractivity contribution in [3.63, 3.8) is 0 Å². The molecule has 0 bridgehead atoms. The summed E-state index contributed by atoms with van der Waals surface area (Å²) in [7, 11) is 0. The molecule has 1 saturated heterocycles. The van der Waals surface area contributed by atoms with Crippen LogP contribution in [0.3, 0.4) is 0 Å². The second-order valence-electron chi connectivity index (χ2n) is 5.35. The van der Waals surface area contributed by atoms with Crippen LogP contribution in [0.1, 0.15) is 42.6 Å². The summed E-state index contributed by atoms with van der Waals surface area (Å²) in [6.07, 6.45) is 5.10. The fourth-order valence-electron chi connectivity index (χ4n) is 2.79. The molecular formula is C14H18N2O3S2. The Morgan fingerprint density at radius 1 is 1.33 bits per heavy atom. The van der Waals surface area contributed by atoms with Gasteiger partial charge in [-0.05, 0) is 12.8 Å². The summed E-state index contributed by atoms with van der Waals surface area (Å²) in [4.78, 5) is 15.9. The van der Waals surface area contributed by atoms with Crippen LogP contribution < -0.4 is 0 Å². The summed E-state index contributed by atoms with van der Waals surface area (Å²) in [6.45, 7) is 2.18. The van der Waals surface area contributed by atoms with Crippen molar-refractivity contribution in [2.75, 3.05) is 11.5 Å². The molecule has 114 valence electrons. The molecule has 3 rings (SSSR count). The maximum absolute atomic E-state index is 11.4. The Balaban J connectivity index is 1.80. The average Bonchev–Trinajstić information content (AvgIpc) is 2.97. The van der Waals surface area contributed by atoms with E-state index in [1.165, 1.54) is 0 Å². The van der Waals surface area contributed by atoms with E-state index in [0.717, 1.165) is 11.5 Å². The lowest BCUT2D eigenvalue weighted by Crippen LogP contribution is -2.24. The van der Waals surface area contributed by atoms with Crippen molar-refractivity contribution < 1.29 is 14.4 Å². The number of allylic oxidation sites excluding steroid dienone is 2. The maximum Gasteiger partial charge on any atom is 0.307 e. The van der Waals surface area contributed by atoms with E-state index in [9.17, 15) is 9.90 Å². The molecule has 0 spiro atoms. The highest BCUT2D eigenvalue weighted by molar-refractivity contribution is 8.06. The zero-order valence-electron chi connectivity index (χ0n) is 11.8. The number of carboxylic acids is 1. The van der Waals surface area contributed by atoms with E-state index in [1.54, 1.807) is 0 Å². The van der Waals surface area contributed by atoms with Crippen LogP contribution in [0, 0.1) is 5.92 Å². The molecule has 2 heterocycles. The van der Waals surface area contributed by atoms with Crippen LogP contribution in [0.2, 0.25) is 0 Å². The number of thioether (sulfide) groups is 2. The van der Waals surface area contributed by atoms with Gasteiger partial charge in [0.2, 0.25) is 5.89 Å². The molecule has 5 nitrogen and oxygen atoms in total. The van der Waals surface area contributed by atoms with Gasteiger partial charge in [-0.3, -0.25) is 4.79 Å². The van der Waals surface area contributed by atoms with E-state index in [0.29, 0.717) is 29.8 Å². The average molecular weight is 326 g/mol. The number of aromatic nitrogens is 2. The van der Waals surface area contributed by atoms with Gasteiger partial charge in [0.25, 0.3) is 0 Å². The number of carboxylic acid groups (broad SMARTS) is 1. The summed E-state index contributed by atoms with van der Waals surface area (Å²) in [5.41, 5.74) is 0. The monoisotopic (exact) mass is 326 g/mol. The van der Waals surface area contributed by atoms with Crippen LogP contribution in [0.25, 0.3) is 0 Å². The second kappa shape index (κ2) is 6.44. The maximum atomic E-state index is 11.4. The first-order valence-corrected chi connectivity index (χ1v) is 9.21. The van der Waals surface area contributed by atoms with E-state index in [2.05, 4.69) is 17.1 Å². The molecular weight excluding hydrogens is 308 g/mol. The lowest BCUT2D eigenvalue weighted by atomic mass is 9.83. The largest absolute Gasteiger partial charge is 0.481 e. The molecule has 2 aliphatic rings. The Bertz CT molecular complexity index is 546. The molecule has 0 saturated carbocycles. The minimum Gasteiger partial charge on any atom is -0.481 e. The fraction of sp³-hybridized carbons (Fsp3) is 0.643. The van der Waals surface area contributed by atoms with Gasteiger partial charge in [-0.2, -0.15) is 16.7 Å². The van der Waals surface area contributed by atoms with Gasteiger partial charge in [-0.1, -0.05) is 24.2 Å². The highest BCUT2D eigenvalue weighted by atomic mass is 32.2. The zero-order valence-corrected chi connectivity index (χ0v) is 13.4. The first kappa shape index (κ1) is 15.0. The van der Waals surface area contributed by atoms with Crippen molar-refractivity contribution in [2.24, 2.45) is 5.92 Å². The minimum absolute atomic E-state index is 0.203. The van der Waals surface area contributed by atoms with Crippen LogP contribution in [-0.4, -0.2) is 38.0 Å². The number of hydrogen-bond donors (Lipinski definition) is 1. The Kier molecular flexibility index (Phi) is 4.59. The summed E-state index contributed by atoms with van der Waals surface area (Å²) < 4.78 is 5.41. The molecule has 2 unspecified atom stereocenters. The number of carbonyl (C=O) groups is 1. The molecule has 4 atom stereocenters. The van der Waals surface area contributed by atoms with Crippen LogP contribution >= 0.6 is 23.5 Å². The van der Waals surface area contributed by atoms with Crippen LogP contribution in [0.5, 0.6) is 0 Å². The van der Waals surface area contributed by atoms with Gasteiger partial charge in [0.1, 0.15) is 0 Å². The molecule has 1 aromatic rings. The smallest absolute Gasteiger partial charge is 0.307 e. The quantitative estimate of drug-likeness (QED) is 0.855. The number of nitrogens with zero attached hydrogens (tertiary/aromatic N) is 2. The Labute approximate surface area is 131 Å². The number of hydrogen-bond acceptors (Lipinski definition) is 6. The molecule has 1 N–H and O–H groups in total. The van der Waals surface area contributed by atoms with Crippen LogP contribution in [0.15, 0.2) is 16.7 Å². The zero-order chi connectivity index (χ0) is 14.8. The van der Waals surface area contributed by atoms with Crippen LogP contribution in [-0.2, 0) is 4.79 Å². The molecule has 7 heteroatoms. The lowest BCUT2D eigenvalue weighted by molar-refractivity contribution is -0.142. The highest BCUT2D eigenvalue weighted by Crippen LogP contribution is 2.42. The van der Waals surface area contributed by atoms with Crippen molar-refractivity contribution in [1.82, 2.24) is 10.1 Å². The van der Waals surface area contributed by atoms with Gasteiger partial charge in [0.05, 0.1) is 17.1 Å². The Morgan fingerprint density at radius 3 is 2.86 bits per heavy atom.